The molecule has 1 aliphatic heterocycles. The SMILES string of the molecule is Cc1ccc(OC(C)(C)C(=O)N2CCO[C@@H](CN(C)C)[C@@H]2c2cnn(C)c2)cc1. The lowest BCUT2D eigenvalue weighted by Gasteiger charge is -2.44. The summed E-state index contributed by atoms with van der Waals surface area (Å²) in [5.74, 6) is 0.629. The Kier molecular flexibility index (Phi) is 6.29. The number of hydrogen-bond acceptors (Lipinski definition) is 5. The molecule has 1 aromatic heterocycles. The molecule has 1 saturated heterocycles. The van der Waals surface area contributed by atoms with Crippen LogP contribution < -0.4 is 4.74 Å². The first-order valence-electron chi connectivity index (χ1n) is 9.99. The molecule has 29 heavy (non-hydrogen) atoms. The molecular formula is C22H32N4O3. The Labute approximate surface area is 173 Å². The molecule has 0 N–H and O–H groups in total. The molecule has 2 aromatic rings. The van der Waals surface area contributed by atoms with E-state index in [0.717, 1.165) is 11.1 Å². The third-order valence-electron chi connectivity index (χ3n) is 5.13. The lowest BCUT2D eigenvalue weighted by Crippen LogP contribution is -2.57. The minimum atomic E-state index is -1.00. The van der Waals surface area contributed by atoms with Gasteiger partial charge in [-0.15, -0.1) is 0 Å². The predicted molar refractivity (Wildman–Crippen MR) is 112 cm³/mol. The molecule has 0 spiro atoms. The number of amides is 1. The van der Waals surface area contributed by atoms with Crippen LogP contribution in [0.25, 0.3) is 0 Å². The highest BCUT2D eigenvalue weighted by Gasteiger charge is 2.43. The molecule has 158 valence electrons. The van der Waals surface area contributed by atoms with Gasteiger partial charge in [0.05, 0.1) is 24.9 Å². The van der Waals surface area contributed by atoms with Crippen LogP contribution in [0.3, 0.4) is 0 Å². The van der Waals surface area contributed by atoms with Gasteiger partial charge in [0.2, 0.25) is 0 Å². The quantitative estimate of drug-likeness (QED) is 0.745. The lowest BCUT2D eigenvalue weighted by atomic mass is 9.97. The van der Waals surface area contributed by atoms with E-state index < -0.39 is 5.60 Å². The van der Waals surface area contributed by atoms with Crippen molar-refractivity contribution in [2.75, 3.05) is 33.8 Å². The summed E-state index contributed by atoms with van der Waals surface area (Å²) in [5, 5.41) is 4.32. The molecule has 1 fully saturated rings. The number of rotatable bonds is 6. The zero-order valence-electron chi connectivity index (χ0n) is 18.3. The summed E-state index contributed by atoms with van der Waals surface area (Å²) >= 11 is 0. The summed E-state index contributed by atoms with van der Waals surface area (Å²) in [4.78, 5) is 17.6. The van der Waals surface area contributed by atoms with Gasteiger partial charge in [-0.1, -0.05) is 17.7 Å². The van der Waals surface area contributed by atoms with Crippen molar-refractivity contribution in [3.8, 4) is 5.75 Å². The molecule has 7 nitrogen and oxygen atoms in total. The van der Waals surface area contributed by atoms with Gasteiger partial charge in [-0.25, -0.2) is 0 Å². The Morgan fingerprint density at radius 2 is 2.00 bits per heavy atom. The number of carbonyl (C=O) groups is 1. The first-order valence-corrected chi connectivity index (χ1v) is 9.99. The number of hydrogen-bond donors (Lipinski definition) is 0. The van der Waals surface area contributed by atoms with Gasteiger partial charge in [0.15, 0.2) is 5.60 Å². The van der Waals surface area contributed by atoms with Crippen molar-refractivity contribution in [2.45, 2.75) is 38.5 Å². The number of aromatic nitrogens is 2. The van der Waals surface area contributed by atoms with Crippen molar-refractivity contribution >= 4 is 5.91 Å². The van der Waals surface area contributed by atoms with Crippen LogP contribution in [0.5, 0.6) is 5.75 Å². The second-order valence-electron chi connectivity index (χ2n) is 8.49. The van der Waals surface area contributed by atoms with E-state index in [1.54, 1.807) is 4.68 Å². The van der Waals surface area contributed by atoms with E-state index in [9.17, 15) is 4.79 Å². The maximum absolute atomic E-state index is 13.6. The molecule has 0 bridgehead atoms. The fourth-order valence-corrected chi connectivity index (χ4v) is 3.75. The minimum Gasteiger partial charge on any atom is -0.478 e. The van der Waals surface area contributed by atoms with E-state index in [1.807, 2.05) is 83.5 Å². The maximum Gasteiger partial charge on any atom is 0.266 e. The molecule has 2 heterocycles. The highest BCUT2D eigenvalue weighted by molar-refractivity contribution is 5.85. The van der Waals surface area contributed by atoms with Crippen molar-refractivity contribution in [2.24, 2.45) is 7.05 Å². The summed E-state index contributed by atoms with van der Waals surface area (Å²) in [6.45, 7) is 7.40. The van der Waals surface area contributed by atoms with Crippen LogP contribution in [-0.4, -0.2) is 71.0 Å². The highest BCUT2D eigenvalue weighted by atomic mass is 16.5. The average Bonchev–Trinajstić information content (AvgIpc) is 3.08. The predicted octanol–water partition coefficient (Wildman–Crippen LogP) is 2.42. The zero-order chi connectivity index (χ0) is 21.2. The Bertz CT molecular complexity index is 829. The molecule has 3 rings (SSSR count). The van der Waals surface area contributed by atoms with Crippen LogP contribution in [-0.2, 0) is 16.6 Å². The van der Waals surface area contributed by atoms with Crippen LogP contribution in [0.15, 0.2) is 36.7 Å². The van der Waals surface area contributed by atoms with E-state index >= 15 is 0 Å². The number of likely N-dealkylation sites (N-methyl/N-ethyl adjacent to an activating group) is 1. The number of nitrogens with zero attached hydrogens (tertiary/aromatic N) is 4. The van der Waals surface area contributed by atoms with Gasteiger partial charge in [-0.05, 0) is 47.0 Å². The molecule has 1 aliphatic rings. The number of morpholine rings is 1. The molecule has 0 unspecified atom stereocenters. The standard InChI is InChI=1S/C22H32N4O3/c1-16-7-9-18(10-8-16)29-22(2,3)21(27)26-11-12-28-19(15-24(4)5)20(26)17-13-23-25(6)14-17/h7-10,13-14,19-20H,11-12,15H2,1-6H3/t19-,20-/m0/s1. The molecule has 0 radical (unpaired) electrons. The zero-order valence-corrected chi connectivity index (χ0v) is 18.3. The van der Waals surface area contributed by atoms with E-state index in [4.69, 9.17) is 9.47 Å². The van der Waals surface area contributed by atoms with Crippen molar-refractivity contribution in [1.82, 2.24) is 19.6 Å². The third kappa shape index (κ3) is 4.97. The summed E-state index contributed by atoms with van der Waals surface area (Å²) in [7, 11) is 5.90. The van der Waals surface area contributed by atoms with Gasteiger partial charge in [0, 0.05) is 31.9 Å². The summed E-state index contributed by atoms with van der Waals surface area (Å²) in [6.07, 6.45) is 3.63. The van der Waals surface area contributed by atoms with E-state index in [0.29, 0.717) is 25.4 Å². The van der Waals surface area contributed by atoms with Crippen LogP contribution in [0.1, 0.15) is 31.0 Å². The average molecular weight is 401 g/mol. The molecule has 1 aromatic carbocycles. The van der Waals surface area contributed by atoms with Gasteiger partial charge in [-0.3, -0.25) is 9.48 Å². The summed E-state index contributed by atoms with van der Waals surface area (Å²) in [5.41, 5.74) is 1.12. The highest BCUT2D eigenvalue weighted by Crippen LogP contribution is 2.33. The first kappa shape index (κ1) is 21.3. The largest absolute Gasteiger partial charge is 0.478 e. The molecule has 2 atom stereocenters. The molecule has 0 saturated carbocycles. The number of benzene rings is 1. The van der Waals surface area contributed by atoms with E-state index in [-0.39, 0.29) is 18.1 Å². The number of aryl methyl sites for hydroxylation is 2. The van der Waals surface area contributed by atoms with Gasteiger partial charge in [0.1, 0.15) is 5.75 Å². The van der Waals surface area contributed by atoms with Crippen molar-refractivity contribution in [3.63, 3.8) is 0 Å². The molecule has 1 amide bonds. The van der Waals surface area contributed by atoms with Crippen molar-refractivity contribution in [1.29, 1.82) is 0 Å². The molecular weight excluding hydrogens is 368 g/mol. The number of carbonyl (C=O) groups excluding carboxylic acids is 1. The smallest absolute Gasteiger partial charge is 0.266 e. The minimum absolute atomic E-state index is 0.0565. The topological polar surface area (TPSA) is 59.8 Å². The van der Waals surface area contributed by atoms with Crippen LogP contribution >= 0.6 is 0 Å². The fourth-order valence-electron chi connectivity index (χ4n) is 3.75. The third-order valence-corrected chi connectivity index (χ3v) is 5.13. The Hall–Kier alpha value is -2.38. The van der Waals surface area contributed by atoms with Crippen molar-refractivity contribution < 1.29 is 14.3 Å². The fraction of sp³-hybridized carbons (Fsp3) is 0.545. The normalized spacial score (nSPS) is 20.2. The maximum atomic E-state index is 13.6. The monoisotopic (exact) mass is 400 g/mol. The van der Waals surface area contributed by atoms with Crippen LogP contribution in [0.4, 0.5) is 0 Å². The summed E-state index contributed by atoms with van der Waals surface area (Å²) < 4.78 is 13.9. The van der Waals surface area contributed by atoms with Crippen molar-refractivity contribution in [3.05, 3.63) is 47.8 Å². The van der Waals surface area contributed by atoms with Crippen LogP contribution in [0.2, 0.25) is 0 Å². The second-order valence-corrected chi connectivity index (χ2v) is 8.49. The molecule has 0 aliphatic carbocycles. The summed E-state index contributed by atoms with van der Waals surface area (Å²) in [6, 6.07) is 7.55. The van der Waals surface area contributed by atoms with Gasteiger partial charge in [-0.2, -0.15) is 5.10 Å². The number of ether oxygens (including phenoxy) is 2. The van der Waals surface area contributed by atoms with E-state index in [2.05, 4.69) is 10.00 Å². The van der Waals surface area contributed by atoms with Gasteiger partial charge in [0.25, 0.3) is 5.91 Å². The lowest BCUT2D eigenvalue weighted by molar-refractivity contribution is -0.161. The van der Waals surface area contributed by atoms with E-state index in [1.165, 1.54) is 0 Å². The van der Waals surface area contributed by atoms with Gasteiger partial charge >= 0.3 is 0 Å². The second kappa shape index (κ2) is 8.55. The molecule has 7 heteroatoms. The van der Waals surface area contributed by atoms with Crippen LogP contribution in [0, 0.1) is 6.92 Å². The van der Waals surface area contributed by atoms with Gasteiger partial charge < -0.3 is 19.3 Å². The Balaban J connectivity index is 1.87. The Morgan fingerprint density at radius 3 is 2.59 bits per heavy atom. The first-order chi connectivity index (χ1) is 13.7. The Morgan fingerprint density at radius 1 is 1.31 bits per heavy atom.